The molecule has 14 rings (SSSR count). The van der Waals surface area contributed by atoms with Gasteiger partial charge < -0.3 is 57.2 Å². The summed E-state index contributed by atoms with van der Waals surface area (Å²) in [4.78, 5) is 54.4. The highest BCUT2D eigenvalue weighted by molar-refractivity contribution is 5.94. The molecular weight excluding hydrogens is 1570 g/mol. The second kappa shape index (κ2) is 39.8. The van der Waals surface area contributed by atoms with Gasteiger partial charge in [-0.3, -0.25) is 9.59 Å². The van der Waals surface area contributed by atoms with Gasteiger partial charge in [-0.1, -0.05) is 144 Å². The van der Waals surface area contributed by atoms with Crippen LogP contribution in [0.4, 0.5) is 34.1 Å². The first-order valence-corrected chi connectivity index (χ1v) is 41.5. The first-order chi connectivity index (χ1) is 60.5. The van der Waals surface area contributed by atoms with Crippen LogP contribution in [0, 0.1) is 55.4 Å². The molecule has 0 saturated carbocycles. The third kappa shape index (κ3) is 23.0. The molecular formula is C110H102N2O14. The molecule has 0 unspecified atom stereocenters. The summed E-state index contributed by atoms with van der Waals surface area (Å²) in [6.45, 7) is 25.3. The largest absolute Gasteiger partial charge is 0.497 e. The Bertz CT molecular complexity index is 5760. The van der Waals surface area contributed by atoms with Crippen molar-refractivity contribution in [1.29, 1.82) is 0 Å². The van der Waals surface area contributed by atoms with E-state index in [1.54, 1.807) is 127 Å². The van der Waals surface area contributed by atoms with Crippen LogP contribution in [0.1, 0.15) is 119 Å². The Kier molecular flexibility index (Phi) is 28.0. The van der Waals surface area contributed by atoms with Gasteiger partial charge in [0.2, 0.25) is 11.2 Å². The predicted octanol–water partition coefficient (Wildman–Crippen LogP) is 26.9. The summed E-state index contributed by atoms with van der Waals surface area (Å²) in [5.74, 6) is 4.79. The quantitative estimate of drug-likeness (QED) is 0.0258. The minimum absolute atomic E-state index is 0.384. The van der Waals surface area contributed by atoms with E-state index in [0.29, 0.717) is 57.5 Å². The number of aryl methyl sites for hydroxylation is 8. The first-order valence-electron chi connectivity index (χ1n) is 41.5. The number of ether oxygens (including phenoxy) is 10. The van der Waals surface area contributed by atoms with Gasteiger partial charge in [0, 0.05) is 48.0 Å². The zero-order chi connectivity index (χ0) is 89.3. The van der Waals surface area contributed by atoms with Crippen LogP contribution in [0.2, 0.25) is 0 Å². The molecule has 0 radical (unpaired) electrons. The lowest BCUT2D eigenvalue weighted by molar-refractivity contribution is -0.149. The predicted molar refractivity (Wildman–Crippen MR) is 502 cm³/mol. The van der Waals surface area contributed by atoms with Crippen molar-refractivity contribution < 1.29 is 66.5 Å². The Hall–Kier alpha value is -15.2. The van der Waals surface area contributed by atoms with Crippen LogP contribution in [-0.4, -0.2) is 49.3 Å². The number of esters is 4. The molecule has 16 nitrogen and oxygen atoms in total. The summed E-state index contributed by atoms with van der Waals surface area (Å²) in [6.07, 6.45) is 4.32. The zero-order valence-electron chi connectivity index (χ0n) is 73.8. The molecule has 0 bridgehead atoms. The number of carbonyl (C=O) groups is 4. The molecule has 14 aromatic rings. The van der Waals surface area contributed by atoms with Gasteiger partial charge in [-0.2, -0.15) is 0 Å². The fourth-order valence-corrected chi connectivity index (χ4v) is 13.9. The summed E-state index contributed by atoms with van der Waals surface area (Å²) in [5.41, 5.74) is 19.6. The van der Waals surface area contributed by atoms with Crippen molar-refractivity contribution in [1.82, 2.24) is 0 Å². The Morgan fingerprint density at radius 1 is 0.262 bits per heavy atom. The molecule has 0 heterocycles. The fraction of sp³-hybridized carbons (Fsp3) is 0.164. The molecule has 636 valence electrons. The third-order valence-corrected chi connectivity index (χ3v) is 20.9. The van der Waals surface area contributed by atoms with Gasteiger partial charge in [0.25, 0.3) is 0 Å². The lowest BCUT2D eigenvalue weighted by Crippen LogP contribution is -2.41. The highest BCUT2D eigenvalue weighted by atomic mass is 16.6. The molecule has 0 N–H and O–H groups in total. The van der Waals surface area contributed by atoms with E-state index in [1.165, 1.54) is 36.1 Å². The van der Waals surface area contributed by atoms with Crippen LogP contribution >= 0.6 is 0 Å². The Morgan fingerprint density at radius 2 is 0.484 bits per heavy atom. The van der Waals surface area contributed by atoms with Crippen LogP contribution in [-0.2, 0) is 19.2 Å². The van der Waals surface area contributed by atoms with Crippen LogP contribution in [0.5, 0.6) is 69.0 Å². The van der Waals surface area contributed by atoms with Gasteiger partial charge in [-0.05, 0) is 356 Å². The van der Waals surface area contributed by atoms with Crippen molar-refractivity contribution in [3.05, 3.63) is 393 Å². The molecule has 16 heteroatoms. The van der Waals surface area contributed by atoms with Gasteiger partial charge in [-0.25, -0.2) is 9.59 Å². The molecule has 0 aliphatic heterocycles. The monoisotopic (exact) mass is 1670 g/mol. The van der Waals surface area contributed by atoms with Gasteiger partial charge in [0.05, 0.1) is 14.2 Å². The minimum atomic E-state index is -1.32. The van der Waals surface area contributed by atoms with Crippen molar-refractivity contribution in [2.24, 2.45) is 0 Å². The second-order valence-corrected chi connectivity index (χ2v) is 31.9. The molecule has 0 aliphatic carbocycles. The van der Waals surface area contributed by atoms with Crippen LogP contribution < -0.4 is 57.2 Å². The van der Waals surface area contributed by atoms with Crippen LogP contribution in [0.3, 0.4) is 0 Å². The van der Waals surface area contributed by atoms with Crippen LogP contribution in [0.15, 0.2) is 315 Å². The molecule has 0 spiro atoms. The highest BCUT2D eigenvalue weighted by Crippen LogP contribution is 2.42. The third-order valence-electron chi connectivity index (χ3n) is 20.9. The lowest BCUT2D eigenvalue weighted by Gasteiger charge is -2.26. The maximum absolute atomic E-state index is 13.6. The van der Waals surface area contributed by atoms with Crippen molar-refractivity contribution in [3.63, 3.8) is 0 Å². The minimum Gasteiger partial charge on any atom is -0.497 e. The average molecular weight is 1680 g/mol. The summed E-state index contributed by atoms with van der Waals surface area (Å²) in [6, 6.07) is 103. The van der Waals surface area contributed by atoms with E-state index in [-0.39, 0.29) is 11.9 Å². The Balaban J connectivity index is 0.000000216. The second-order valence-electron chi connectivity index (χ2n) is 31.9. The summed E-state index contributed by atoms with van der Waals surface area (Å²) in [5, 5.41) is 0. The molecule has 0 aromatic heterocycles. The van der Waals surface area contributed by atoms with E-state index in [0.717, 1.165) is 112 Å². The number of nitrogens with zero attached hydrogens (tertiary/aromatic N) is 2. The maximum atomic E-state index is 13.6. The lowest BCUT2D eigenvalue weighted by atomic mass is 9.95. The van der Waals surface area contributed by atoms with Gasteiger partial charge in [0.1, 0.15) is 69.0 Å². The fourth-order valence-electron chi connectivity index (χ4n) is 13.9. The van der Waals surface area contributed by atoms with E-state index in [4.69, 9.17) is 47.4 Å². The molecule has 0 aliphatic rings. The van der Waals surface area contributed by atoms with Gasteiger partial charge in [-0.15, -0.1) is 0 Å². The SMILES string of the molecule is COc1ccc(C(=Cc2ccc(N(c3ccc(C)cc3)c3ccc(C)cc3)cc2)c2ccc(OC(=O)C(C)(C)Oc3ccc(Oc4ccc(OC(C)=O)c(C)c4)cc3C)cc2)cc1.COc1ccc(C(=Cc2ccc(N(c3ccc(C)cc3)c3ccc(C)cc3)cc2)c2ccc(OC(=O)C(C)(C)Oc3ccc(Oc4ccc(OC(C)=O)c(C)c4)cc3C)cc2)cc1. The van der Waals surface area contributed by atoms with E-state index < -0.39 is 23.1 Å². The van der Waals surface area contributed by atoms with E-state index >= 15 is 0 Å². The Labute approximate surface area is 738 Å². The molecule has 0 fully saturated rings. The Morgan fingerprint density at radius 3 is 0.714 bits per heavy atom. The highest BCUT2D eigenvalue weighted by Gasteiger charge is 2.35. The summed E-state index contributed by atoms with van der Waals surface area (Å²) < 4.78 is 57.7. The summed E-state index contributed by atoms with van der Waals surface area (Å²) >= 11 is 0. The van der Waals surface area contributed by atoms with Crippen molar-refractivity contribution in [3.8, 4) is 69.0 Å². The van der Waals surface area contributed by atoms with Crippen molar-refractivity contribution >= 4 is 81.3 Å². The van der Waals surface area contributed by atoms with Gasteiger partial charge in [0.15, 0.2) is 0 Å². The number of hydrogen-bond acceptors (Lipinski definition) is 16. The molecule has 126 heavy (non-hydrogen) atoms. The van der Waals surface area contributed by atoms with E-state index in [9.17, 15) is 19.2 Å². The number of anilines is 6. The standard InChI is InChI=1S/2C55H51NO7/c2*1-36-9-19-44(20-10-36)56(45-21-11-37(2)12-22-45)46-23-13-41(14-24-46)35-51(42-15-25-47(59-8)26-16-42)43-17-27-48(28-18-43)62-54(58)55(6,7)63-53-32-30-50(34-39(53)4)61-49-29-31-52(38(3)33-49)60-40(5)57/h2*9-35H,1-8H3. The first kappa shape index (κ1) is 88.6. The molecule has 14 aromatic carbocycles. The number of hydrogen-bond donors (Lipinski definition) is 0. The van der Waals surface area contributed by atoms with Gasteiger partial charge >= 0.3 is 23.9 Å². The number of rotatable bonds is 28. The molecule has 0 saturated heterocycles. The number of methoxy groups -OCH3 is 2. The normalized spacial score (nSPS) is 11.4. The van der Waals surface area contributed by atoms with Crippen molar-refractivity contribution in [2.45, 2.75) is 108 Å². The molecule has 0 amide bonds. The summed E-state index contributed by atoms with van der Waals surface area (Å²) in [7, 11) is 3.31. The number of benzene rings is 14. The van der Waals surface area contributed by atoms with Crippen LogP contribution in [0.25, 0.3) is 23.3 Å². The maximum Gasteiger partial charge on any atom is 0.355 e. The molecule has 0 atom stereocenters. The zero-order valence-corrected chi connectivity index (χ0v) is 73.8. The smallest absolute Gasteiger partial charge is 0.355 e. The topological polar surface area (TPSA) is 167 Å². The van der Waals surface area contributed by atoms with Crippen molar-refractivity contribution in [2.75, 3.05) is 24.0 Å². The van der Waals surface area contributed by atoms with E-state index in [2.05, 4.69) is 195 Å². The van der Waals surface area contributed by atoms with E-state index in [1.807, 2.05) is 113 Å². The average Bonchev–Trinajstić information content (AvgIpc) is 0.799. The number of carbonyl (C=O) groups excluding carboxylic acids is 4.